The molecule has 0 atom stereocenters. The van der Waals surface area contributed by atoms with E-state index in [9.17, 15) is 4.79 Å². The topological polar surface area (TPSA) is 79.8 Å². The van der Waals surface area contributed by atoms with E-state index in [4.69, 9.17) is 0 Å². The number of aromatic nitrogens is 3. The number of nitrogens with zero attached hydrogens (tertiary/aromatic N) is 3. The van der Waals surface area contributed by atoms with Crippen molar-refractivity contribution in [2.45, 2.75) is 0 Å². The maximum atomic E-state index is 13.0. The average Bonchev–Trinajstić information content (AvgIpc) is 2.78. The number of rotatable bonds is 6. The van der Waals surface area contributed by atoms with Crippen LogP contribution >= 0.6 is 0 Å². The quantitative estimate of drug-likeness (QED) is 0.479. The van der Waals surface area contributed by atoms with Crippen LogP contribution in [0.3, 0.4) is 0 Å². The van der Waals surface area contributed by atoms with Gasteiger partial charge in [0, 0.05) is 29.8 Å². The van der Waals surface area contributed by atoms with Crippen LogP contribution in [0.4, 0.5) is 11.5 Å². The predicted octanol–water partition coefficient (Wildman–Crippen LogP) is 4.54. The van der Waals surface area contributed by atoms with Crippen LogP contribution < -0.4 is 10.6 Å². The lowest BCUT2D eigenvalue weighted by atomic mass is 10.2. The highest BCUT2D eigenvalue weighted by Gasteiger charge is 2.14. The van der Waals surface area contributed by atoms with Crippen molar-refractivity contribution in [3.63, 3.8) is 0 Å². The molecule has 0 aliphatic carbocycles. The number of hydrogen-bond donors (Lipinski definition) is 2. The highest BCUT2D eigenvalue weighted by molar-refractivity contribution is 6.07. The van der Waals surface area contributed by atoms with E-state index in [2.05, 4.69) is 32.2 Å². The molecule has 0 aliphatic heterocycles. The summed E-state index contributed by atoms with van der Waals surface area (Å²) >= 11 is 0. The van der Waals surface area contributed by atoms with Gasteiger partial charge in [-0.05, 0) is 12.1 Å². The van der Waals surface area contributed by atoms with Crippen LogP contribution in [-0.2, 0) is 0 Å². The molecule has 6 nitrogen and oxygen atoms in total. The average molecular weight is 381 g/mol. The fourth-order valence-electron chi connectivity index (χ4n) is 2.94. The Hall–Kier alpha value is -4.06. The Bertz CT molecular complexity index is 1170. The van der Waals surface area contributed by atoms with E-state index < -0.39 is 0 Å². The number of amides is 1. The van der Waals surface area contributed by atoms with Crippen molar-refractivity contribution < 1.29 is 4.79 Å². The summed E-state index contributed by atoms with van der Waals surface area (Å²) in [6, 6.07) is 20.6. The summed E-state index contributed by atoms with van der Waals surface area (Å²) in [5.74, 6) is 0.699. The van der Waals surface area contributed by atoms with Gasteiger partial charge in [-0.1, -0.05) is 54.6 Å². The van der Waals surface area contributed by atoms with Crippen LogP contribution in [0.15, 0.2) is 85.6 Å². The normalized spacial score (nSPS) is 10.5. The summed E-state index contributed by atoms with van der Waals surface area (Å²) in [5, 5.41) is 7.01. The third-order valence-electron chi connectivity index (χ3n) is 4.30. The van der Waals surface area contributed by atoms with Gasteiger partial charge in [-0.2, -0.15) is 0 Å². The molecule has 1 amide bonds. The first-order valence-corrected chi connectivity index (χ1v) is 9.19. The third kappa shape index (κ3) is 4.11. The number of carbonyl (C=O) groups excluding carboxylic acids is 1. The van der Waals surface area contributed by atoms with Crippen molar-refractivity contribution in [2.75, 3.05) is 17.2 Å². The first-order valence-electron chi connectivity index (χ1n) is 9.19. The molecule has 2 aromatic carbocycles. The van der Waals surface area contributed by atoms with Gasteiger partial charge in [0.25, 0.3) is 5.91 Å². The molecule has 142 valence electrons. The van der Waals surface area contributed by atoms with Crippen LogP contribution in [0.2, 0.25) is 0 Å². The zero-order valence-electron chi connectivity index (χ0n) is 15.7. The van der Waals surface area contributed by atoms with Crippen LogP contribution in [-0.4, -0.2) is 27.4 Å². The molecule has 2 heterocycles. The monoisotopic (exact) mass is 381 g/mol. The van der Waals surface area contributed by atoms with Gasteiger partial charge in [-0.25, -0.2) is 9.97 Å². The SMILES string of the molecule is C=CCNc1cc(C(=O)Nc2cccc3cccnc23)nc(-c2ccccc2)n1. The lowest BCUT2D eigenvalue weighted by Crippen LogP contribution is -2.16. The summed E-state index contributed by atoms with van der Waals surface area (Å²) in [5.41, 5.74) is 2.45. The van der Waals surface area contributed by atoms with E-state index >= 15 is 0 Å². The van der Waals surface area contributed by atoms with Crippen molar-refractivity contribution >= 4 is 28.3 Å². The molecular formula is C23H19N5O. The first kappa shape index (κ1) is 18.3. The Kier molecular flexibility index (Phi) is 5.25. The largest absolute Gasteiger partial charge is 0.366 e. The Labute approximate surface area is 168 Å². The molecule has 0 unspecified atom stereocenters. The van der Waals surface area contributed by atoms with E-state index in [1.807, 2.05) is 60.7 Å². The Morgan fingerprint density at radius 2 is 1.83 bits per heavy atom. The van der Waals surface area contributed by atoms with Crippen LogP contribution in [0.25, 0.3) is 22.3 Å². The highest BCUT2D eigenvalue weighted by atomic mass is 16.1. The second-order valence-electron chi connectivity index (χ2n) is 6.33. The van der Waals surface area contributed by atoms with Crippen molar-refractivity contribution in [1.82, 2.24) is 15.0 Å². The predicted molar refractivity (Wildman–Crippen MR) is 116 cm³/mol. The lowest BCUT2D eigenvalue weighted by molar-refractivity contribution is 0.102. The zero-order chi connectivity index (χ0) is 20.1. The van der Waals surface area contributed by atoms with E-state index in [1.54, 1.807) is 18.3 Å². The van der Waals surface area contributed by atoms with E-state index in [0.29, 0.717) is 23.9 Å². The smallest absolute Gasteiger partial charge is 0.274 e. The van der Waals surface area contributed by atoms with Crippen molar-refractivity contribution in [3.8, 4) is 11.4 Å². The second kappa shape index (κ2) is 8.31. The molecule has 2 N–H and O–H groups in total. The summed E-state index contributed by atoms with van der Waals surface area (Å²) < 4.78 is 0. The first-order chi connectivity index (χ1) is 14.2. The maximum Gasteiger partial charge on any atom is 0.274 e. The fourth-order valence-corrected chi connectivity index (χ4v) is 2.94. The summed E-state index contributed by atoms with van der Waals surface area (Å²) in [4.78, 5) is 26.4. The molecule has 29 heavy (non-hydrogen) atoms. The Morgan fingerprint density at radius 1 is 1.00 bits per heavy atom. The minimum atomic E-state index is -0.329. The van der Waals surface area contributed by atoms with Crippen LogP contribution in [0.1, 0.15) is 10.5 Å². The Morgan fingerprint density at radius 3 is 2.66 bits per heavy atom. The molecule has 0 saturated heterocycles. The number of anilines is 2. The van der Waals surface area contributed by atoms with E-state index in [-0.39, 0.29) is 11.6 Å². The van der Waals surface area contributed by atoms with Crippen molar-refractivity contribution in [3.05, 3.63) is 91.3 Å². The summed E-state index contributed by atoms with van der Waals surface area (Å²) in [7, 11) is 0. The number of pyridine rings is 1. The molecule has 0 fully saturated rings. The van der Waals surface area contributed by atoms with E-state index in [0.717, 1.165) is 16.5 Å². The molecular weight excluding hydrogens is 362 g/mol. The number of fused-ring (bicyclic) bond motifs is 1. The Balaban J connectivity index is 1.70. The molecule has 0 radical (unpaired) electrons. The highest BCUT2D eigenvalue weighted by Crippen LogP contribution is 2.22. The molecule has 0 saturated carbocycles. The molecule has 2 aromatic heterocycles. The molecule has 0 aliphatic rings. The van der Waals surface area contributed by atoms with Gasteiger partial charge in [-0.15, -0.1) is 6.58 Å². The van der Waals surface area contributed by atoms with Crippen LogP contribution in [0.5, 0.6) is 0 Å². The number of nitrogens with one attached hydrogen (secondary N) is 2. The minimum Gasteiger partial charge on any atom is -0.366 e. The van der Waals surface area contributed by atoms with Crippen LogP contribution in [0, 0.1) is 0 Å². The number of carbonyl (C=O) groups is 1. The van der Waals surface area contributed by atoms with Gasteiger partial charge < -0.3 is 10.6 Å². The zero-order valence-corrected chi connectivity index (χ0v) is 15.7. The molecule has 4 aromatic rings. The number of para-hydroxylation sites is 1. The van der Waals surface area contributed by atoms with E-state index in [1.165, 1.54) is 0 Å². The standard InChI is InChI=1S/C23H19N5O/c1-2-13-24-20-15-19(26-22(28-20)17-8-4-3-5-9-17)23(29)27-18-12-6-10-16-11-7-14-25-21(16)18/h2-12,14-15H,1,13H2,(H,27,29)(H,24,26,28). The molecule has 6 heteroatoms. The lowest BCUT2D eigenvalue weighted by Gasteiger charge is -2.11. The van der Waals surface area contributed by atoms with Gasteiger partial charge in [0.15, 0.2) is 5.82 Å². The minimum absolute atomic E-state index is 0.262. The molecule has 4 rings (SSSR count). The van der Waals surface area contributed by atoms with Gasteiger partial charge >= 0.3 is 0 Å². The number of benzene rings is 2. The molecule has 0 spiro atoms. The van der Waals surface area contributed by atoms with Crippen molar-refractivity contribution in [2.24, 2.45) is 0 Å². The summed E-state index contributed by atoms with van der Waals surface area (Å²) in [6.45, 7) is 4.23. The third-order valence-corrected chi connectivity index (χ3v) is 4.30. The number of hydrogen-bond acceptors (Lipinski definition) is 5. The fraction of sp³-hybridized carbons (Fsp3) is 0.0435. The van der Waals surface area contributed by atoms with Gasteiger partial charge in [-0.3, -0.25) is 9.78 Å². The van der Waals surface area contributed by atoms with Gasteiger partial charge in [0.05, 0.1) is 11.2 Å². The maximum absolute atomic E-state index is 13.0. The summed E-state index contributed by atoms with van der Waals surface area (Å²) in [6.07, 6.45) is 3.43. The molecule has 0 bridgehead atoms. The van der Waals surface area contributed by atoms with Gasteiger partial charge in [0.1, 0.15) is 11.5 Å². The second-order valence-corrected chi connectivity index (χ2v) is 6.33. The van der Waals surface area contributed by atoms with Gasteiger partial charge in [0.2, 0.25) is 0 Å². The van der Waals surface area contributed by atoms with Crippen molar-refractivity contribution in [1.29, 1.82) is 0 Å².